The molecule has 2 aromatic rings. The number of amides is 2. The highest BCUT2D eigenvalue weighted by atomic mass is 79.9. The molecule has 0 aliphatic carbocycles. The van der Waals surface area contributed by atoms with E-state index in [1.54, 1.807) is 36.4 Å². The number of rotatable bonds is 2. The summed E-state index contributed by atoms with van der Waals surface area (Å²) in [6.45, 7) is -0.0718. The van der Waals surface area contributed by atoms with Crippen molar-refractivity contribution in [1.29, 1.82) is 0 Å². The Kier molecular flexibility index (Phi) is 3.14. The average molecular weight is 334 g/mol. The van der Waals surface area contributed by atoms with Gasteiger partial charge in [0.2, 0.25) is 0 Å². The van der Waals surface area contributed by atoms with Gasteiger partial charge in [-0.2, -0.15) is 0 Å². The van der Waals surface area contributed by atoms with E-state index in [9.17, 15) is 14.0 Å². The lowest BCUT2D eigenvalue weighted by Gasteiger charge is -2.14. The Bertz CT molecular complexity index is 695. The second-order valence-corrected chi connectivity index (χ2v) is 5.39. The molecule has 0 fully saturated rings. The van der Waals surface area contributed by atoms with Gasteiger partial charge >= 0.3 is 0 Å². The third-order valence-electron chi connectivity index (χ3n) is 3.21. The summed E-state index contributed by atoms with van der Waals surface area (Å²) in [7, 11) is 0. The van der Waals surface area contributed by atoms with Crippen molar-refractivity contribution in [2.45, 2.75) is 6.54 Å². The molecular formula is C15H9BrFNO2. The molecule has 0 saturated heterocycles. The monoisotopic (exact) mass is 333 g/mol. The molecule has 20 heavy (non-hydrogen) atoms. The largest absolute Gasteiger partial charge is 0.270 e. The van der Waals surface area contributed by atoms with Gasteiger partial charge in [-0.25, -0.2) is 4.39 Å². The van der Waals surface area contributed by atoms with Gasteiger partial charge in [-0.05, 0) is 30.3 Å². The molecule has 0 unspecified atom stereocenters. The Morgan fingerprint density at radius 1 is 1.00 bits per heavy atom. The zero-order valence-electron chi connectivity index (χ0n) is 10.3. The number of hydrogen-bond acceptors (Lipinski definition) is 2. The smallest absolute Gasteiger partial charge is 0.261 e. The van der Waals surface area contributed by atoms with Gasteiger partial charge < -0.3 is 0 Å². The van der Waals surface area contributed by atoms with Crippen LogP contribution in [-0.4, -0.2) is 16.7 Å². The number of nitrogens with zero attached hydrogens (tertiary/aromatic N) is 1. The maximum Gasteiger partial charge on any atom is 0.261 e. The third kappa shape index (κ3) is 2.04. The first kappa shape index (κ1) is 13.0. The Labute approximate surface area is 123 Å². The zero-order chi connectivity index (χ0) is 14.3. The van der Waals surface area contributed by atoms with Gasteiger partial charge in [-0.1, -0.05) is 28.1 Å². The van der Waals surface area contributed by atoms with E-state index in [2.05, 4.69) is 15.9 Å². The molecule has 100 valence electrons. The van der Waals surface area contributed by atoms with Crippen LogP contribution >= 0.6 is 15.9 Å². The van der Waals surface area contributed by atoms with Crippen molar-refractivity contribution in [3.05, 3.63) is 69.4 Å². The van der Waals surface area contributed by atoms with Crippen LogP contribution < -0.4 is 0 Å². The number of hydrogen-bond donors (Lipinski definition) is 0. The standard InChI is InChI=1S/C15H9BrFNO2/c16-10-5-6-13(17)9(7-10)8-18-14(19)11-3-1-2-4-12(11)15(18)20/h1-7H,8H2. The predicted octanol–water partition coefficient (Wildman–Crippen LogP) is 3.38. The first-order valence-corrected chi connectivity index (χ1v) is 6.76. The molecule has 2 aromatic carbocycles. The molecule has 1 heterocycles. The van der Waals surface area contributed by atoms with Crippen LogP contribution in [0.2, 0.25) is 0 Å². The topological polar surface area (TPSA) is 37.4 Å². The molecule has 0 spiro atoms. The number of carbonyl (C=O) groups is 2. The van der Waals surface area contributed by atoms with Crippen molar-refractivity contribution in [2.24, 2.45) is 0 Å². The number of halogens is 2. The summed E-state index contributed by atoms with van der Waals surface area (Å²) in [6, 6.07) is 11.1. The molecule has 0 bridgehead atoms. The van der Waals surface area contributed by atoms with Gasteiger partial charge in [0.25, 0.3) is 11.8 Å². The number of imide groups is 1. The van der Waals surface area contributed by atoms with Gasteiger partial charge in [0.15, 0.2) is 0 Å². The fourth-order valence-corrected chi connectivity index (χ4v) is 2.63. The van der Waals surface area contributed by atoms with E-state index in [0.29, 0.717) is 21.2 Å². The Morgan fingerprint density at radius 3 is 2.20 bits per heavy atom. The SMILES string of the molecule is O=C1c2ccccc2C(=O)N1Cc1cc(Br)ccc1F. The normalized spacial score (nSPS) is 13.8. The molecule has 1 aliphatic rings. The summed E-state index contributed by atoms with van der Waals surface area (Å²) < 4.78 is 14.4. The minimum absolute atomic E-state index is 0.0718. The van der Waals surface area contributed by atoms with Crippen LogP contribution in [0.1, 0.15) is 26.3 Å². The van der Waals surface area contributed by atoms with Crippen LogP contribution in [0.3, 0.4) is 0 Å². The van der Waals surface area contributed by atoms with E-state index in [1.165, 1.54) is 6.07 Å². The van der Waals surface area contributed by atoms with Crippen LogP contribution in [0.5, 0.6) is 0 Å². The van der Waals surface area contributed by atoms with Crippen molar-refractivity contribution in [3.8, 4) is 0 Å². The number of benzene rings is 2. The summed E-state index contributed by atoms with van der Waals surface area (Å²) >= 11 is 3.25. The van der Waals surface area contributed by atoms with Crippen molar-refractivity contribution in [3.63, 3.8) is 0 Å². The summed E-state index contributed by atoms with van der Waals surface area (Å²) in [5.41, 5.74) is 1.04. The molecule has 3 nitrogen and oxygen atoms in total. The quantitative estimate of drug-likeness (QED) is 0.790. The van der Waals surface area contributed by atoms with E-state index in [1.807, 2.05) is 0 Å². The maximum absolute atomic E-state index is 13.7. The molecule has 0 radical (unpaired) electrons. The highest BCUT2D eigenvalue weighted by Gasteiger charge is 2.35. The van der Waals surface area contributed by atoms with Gasteiger partial charge in [-0.3, -0.25) is 14.5 Å². The lowest BCUT2D eigenvalue weighted by atomic mass is 10.1. The third-order valence-corrected chi connectivity index (χ3v) is 3.71. The van der Waals surface area contributed by atoms with Gasteiger partial charge in [0.1, 0.15) is 5.82 Å². The first-order valence-electron chi connectivity index (χ1n) is 5.97. The van der Waals surface area contributed by atoms with E-state index >= 15 is 0 Å². The van der Waals surface area contributed by atoms with E-state index in [4.69, 9.17) is 0 Å². The van der Waals surface area contributed by atoms with Crippen molar-refractivity contribution >= 4 is 27.7 Å². The summed E-state index contributed by atoms with van der Waals surface area (Å²) in [5, 5.41) is 0. The van der Waals surface area contributed by atoms with Crippen LogP contribution in [0.15, 0.2) is 46.9 Å². The molecule has 0 N–H and O–H groups in total. The highest BCUT2D eigenvalue weighted by Crippen LogP contribution is 2.25. The minimum Gasteiger partial charge on any atom is -0.270 e. The van der Waals surface area contributed by atoms with Crippen LogP contribution in [0, 0.1) is 5.82 Å². The van der Waals surface area contributed by atoms with E-state index in [0.717, 1.165) is 4.90 Å². The number of fused-ring (bicyclic) bond motifs is 1. The molecule has 0 aromatic heterocycles. The highest BCUT2D eigenvalue weighted by molar-refractivity contribution is 9.10. The van der Waals surface area contributed by atoms with Crippen LogP contribution in [-0.2, 0) is 6.54 Å². The van der Waals surface area contributed by atoms with Crippen molar-refractivity contribution in [1.82, 2.24) is 4.90 Å². The minimum atomic E-state index is -0.440. The van der Waals surface area contributed by atoms with Crippen molar-refractivity contribution in [2.75, 3.05) is 0 Å². The summed E-state index contributed by atoms with van der Waals surface area (Å²) in [5.74, 6) is -1.21. The van der Waals surface area contributed by atoms with E-state index in [-0.39, 0.29) is 18.4 Å². The lowest BCUT2D eigenvalue weighted by molar-refractivity contribution is 0.0641. The Morgan fingerprint density at radius 2 is 1.60 bits per heavy atom. The second-order valence-electron chi connectivity index (χ2n) is 4.48. The molecule has 0 saturated carbocycles. The Balaban J connectivity index is 1.96. The first-order chi connectivity index (χ1) is 9.58. The maximum atomic E-state index is 13.7. The molecule has 5 heteroatoms. The average Bonchev–Trinajstić information content (AvgIpc) is 2.68. The molecule has 1 aliphatic heterocycles. The lowest BCUT2D eigenvalue weighted by Crippen LogP contribution is -2.29. The second kappa shape index (κ2) is 4.83. The van der Waals surface area contributed by atoms with Crippen LogP contribution in [0.25, 0.3) is 0 Å². The fourth-order valence-electron chi connectivity index (χ4n) is 2.22. The molecule has 0 atom stereocenters. The summed E-state index contributed by atoms with van der Waals surface area (Å²) in [4.78, 5) is 25.4. The van der Waals surface area contributed by atoms with Gasteiger partial charge in [0.05, 0.1) is 17.7 Å². The Hall–Kier alpha value is -2.01. The van der Waals surface area contributed by atoms with Gasteiger partial charge in [-0.15, -0.1) is 0 Å². The fraction of sp³-hybridized carbons (Fsp3) is 0.0667. The van der Waals surface area contributed by atoms with Crippen molar-refractivity contribution < 1.29 is 14.0 Å². The van der Waals surface area contributed by atoms with Crippen LogP contribution in [0.4, 0.5) is 4.39 Å². The van der Waals surface area contributed by atoms with E-state index < -0.39 is 5.82 Å². The molecule has 3 rings (SSSR count). The van der Waals surface area contributed by atoms with Gasteiger partial charge in [0, 0.05) is 10.0 Å². The zero-order valence-corrected chi connectivity index (χ0v) is 11.9. The molecular weight excluding hydrogens is 325 g/mol. The number of carbonyl (C=O) groups excluding carboxylic acids is 2. The predicted molar refractivity (Wildman–Crippen MR) is 74.7 cm³/mol. The summed E-state index contributed by atoms with van der Waals surface area (Å²) in [6.07, 6.45) is 0. The molecule has 2 amide bonds.